The lowest BCUT2D eigenvalue weighted by Gasteiger charge is -2.26. The highest BCUT2D eigenvalue weighted by Gasteiger charge is 2.50. The summed E-state index contributed by atoms with van der Waals surface area (Å²) in [6.07, 6.45) is 1.76. The number of amides is 3. The highest BCUT2D eigenvalue weighted by Crippen LogP contribution is 2.33. The van der Waals surface area contributed by atoms with Gasteiger partial charge < -0.3 is 15.2 Å². The van der Waals surface area contributed by atoms with Gasteiger partial charge in [-0.1, -0.05) is 26.0 Å². The van der Waals surface area contributed by atoms with Gasteiger partial charge in [0, 0.05) is 13.2 Å². The van der Waals surface area contributed by atoms with Crippen LogP contribution in [-0.4, -0.2) is 41.7 Å². The molecule has 2 N–H and O–H groups in total. The van der Waals surface area contributed by atoms with Crippen LogP contribution >= 0.6 is 0 Å². The van der Waals surface area contributed by atoms with Crippen molar-refractivity contribution in [3.63, 3.8) is 0 Å². The van der Waals surface area contributed by atoms with E-state index in [9.17, 15) is 9.59 Å². The van der Waals surface area contributed by atoms with Crippen molar-refractivity contribution in [1.29, 1.82) is 0 Å². The van der Waals surface area contributed by atoms with Gasteiger partial charge in [0.05, 0.1) is 6.61 Å². The van der Waals surface area contributed by atoms with E-state index in [0.717, 1.165) is 17.7 Å². The molecule has 0 radical (unpaired) electrons. The number of nitrogens with one attached hydrogen (secondary N) is 1. The Morgan fingerprint density at radius 3 is 2.48 bits per heavy atom. The van der Waals surface area contributed by atoms with Crippen molar-refractivity contribution in [2.75, 3.05) is 19.8 Å². The molecular formula is C17H24N2O4. The summed E-state index contributed by atoms with van der Waals surface area (Å²) >= 11 is 0. The Balaban J connectivity index is 2.23. The van der Waals surface area contributed by atoms with Gasteiger partial charge in [-0.15, -0.1) is 0 Å². The van der Waals surface area contributed by atoms with Crippen LogP contribution in [-0.2, 0) is 10.3 Å². The maximum atomic E-state index is 12.8. The van der Waals surface area contributed by atoms with Crippen molar-refractivity contribution in [3.05, 3.63) is 29.8 Å². The molecule has 0 spiro atoms. The molecule has 1 aromatic carbocycles. The maximum Gasteiger partial charge on any atom is 0.325 e. The highest BCUT2D eigenvalue weighted by molar-refractivity contribution is 6.07. The van der Waals surface area contributed by atoms with Crippen molar-refractivity contribution in [2.24, 2.45) is 0 Å². The van der Waals surface area contributed by atoms with Crippen LogP contribution in [0.3, 0.4) is 0 Å². The molecule has 3 amide bonds. The molecular weight excluding hydrogens is 296 g/mol. The molecule has 126 valence electrons. The number of carbonyl (C=O) groups is 2. The summed E-state index contributed by atoms with van der Waals surface area (Å²) in [4.78, 5) is 26.1. The normalized spacial score (nSPS) is 20.7. The van der Waals surface area contributed by atoms with E-state index in [4.69, 9.17) is 9.84 Å². The summed E-state index contributed by atoms with van der Waals surface area (Å²) in [6.45, 7) is 4.71. The fraction of sp³-hybridized carbons (Fsp3) is 0.529. The Bertz CT molecular complexity index is 558. The molecule has 1 atom stereocenters. The van der Waals surface area contributed by atoms with E-state index in [1.165, 1.54) is 4.90 Å². The highest BCUT2D eigenvalue weighted by atomic mass is 16.5. The molecule has 0 aliphatic carbocycles. The smallest absolute Gasteiger partial charge is 0.325 e. The first-order valence-electron chi connectivity index (χ1n) is 8.07. The topological polar surface area (TPSA) is 78.9 Å². The van der Waals surface area contributed by atoms with E-state index in [1.807, 2.05) is 38.1 Å². The number of nitrogens with zero attached hydrogens (tertiary/aromatic N) is 1. The first-order chi connectivity index (χ1) is 11.1. The van der Waals surface area contributed by atoms with Crippen molar-refractivity contribution in [1.82, 2.24) is 10.2 Å². The van der Waals surface area contributed by atoms with Crippen LogP contribution in [0.15, 0.2) is 24.3 Å². The summed E-state index contributed by atoms with van der Waals surface area (Å²) in [5, 5.41) is 11.7. The van der Waals surface area contributed by atoms with Gasteiger partial charge >= 0.3 is 6.03 Å². The maximum absolute atomic E-state index is 12.8. The molecule has 0 bridgehead atoms. The molecule has 6 heteroatoms. The predicted octanol–water partition coefficient (Wildman–Crippen LogP) is 2.01. The predicted molar refractivity (Wildman–Crippen MR) is 86.1 cm³/mol. The zero-order valence-corrected chi connectivity index (χ0v) is 13.7. The molecule has 2 rings (SSSR count). The second kappa shape index (κ2) is 7.46. The summed E-state index contributed by atoms with van der Waals surface area (Å²) < 4.78 is 5.55. The van der Waals surface area contributed by atoms with Gasteiger partial charge in [-0.25, -0.2) is 4.79 Å². The monoisotopic (exact) mass is 320 g/mol. The van der Waals surface area contributed by atoms with Crippen LogP contribution < -0.4 is 10.1 Å². The minimum absolute atomic E-state index is 0.0559. The third-order valence-corrected chi connectivity index (χ3v) is 4.07. The average molecular weight is 320 g/mol. The van der Waals surface area contributed by atoms with Crippen LogP contribution in [0.2, 0.25) is 0 Å². The molecule has 1 aliphatic rings. The van der Waals surface area contributed by atoms with E-state index < -0.39 is 11.6 Å². The molecule has 1 aliphatic heterocycles. The first kappa shape index (κ1) is 17.3. The van der Waals surface area contributed by atoms with E-state index in [2.05, 4.69) is 5.32 Å². The number of carbonyl (C=O) groups excluding carboxylic acids is 2. The SMILES string of the molecule is CCCOc1ccc(C2(CC)NC(=O)N(CCCO)C2=O)cc1. The third-order valence-electron chi connectivity index (χ3n) is 4.07. The summed E-state index contributed by atoms with van der Waals surface area (Å²) in [7, 11) is 0. The summed E-state index contributed by atoms with van der Waals surface area (Å²) in [5.41, 5.74) is -0.288. The van der Waals surface area contributed by atoms with Crippen LogP contribution in [0.1, 0.15) is 38.7 Å². The molecule has 23 heavy (non-hydrogen) atoms. The lowest BCUT2D eigenvalue weighted by Crippen LogP contribution is -2.43. The molecule has 1 fully saturated rings. The fourth-order valence-electron chi connectivity index (χ4n) is 2.75. The molecule has 1 aromatic rings. The number of hydrogen-bond donors (Lipinski definition) is 2. The first-order valence-corrected chi connectivity index (χ1v) is 8.07. The standard InChI is InChI=1S/C17H24N2O4/c1-3-12-23-14-8-6-13(7-9-14)17(4-2)15(21)19(10-5-11-20)16(22)18-17/h6-9,20H,3-5,10-12H2,1-2H3,(H,18,22). The second-order valence-electron chi connectivity index (χ2n) is 5.60. The number of aliphatic hydroxyl groups excluding tert-OH is 1. The number of aliphatic hydroxyl groups is 1. The van der Waals surface area contributed by atoms with Gasteiger partial charge in [0.2, 0.25) is 0 Å². The van der Waals surface area contributed by atoms with Gasteiger partial charge in [0.1, 0.15) is 11.3 Å². The molecule has 1 heterocycles. The number of benzene rings is 1. The van der Waals surface area contributed by atoms with Crippen molar-refractivity contribution < 1.29 is 19.4 Å². The van der Waals surface area contributed by atoms with Crippen LogP contribution in [0.25, 0.3) is 0 Å². The Morgan fingerprint density at radius 2 is 1.91 bits per heavy atom. The average Bonchev–Trinajstić information content (AvgIpc) is 2.82. The second-order valence-corrected chi connectivity index (χ2v) is 5.60. The zero-order valence-electron chi connectivity index (χ0n) is 13.7. The Hall–Kier alpha value is -2.08. The molecule has 0 aromatic heterocycles. The minimum atomic E-state index is -1.03. The largest absolute Gasteiger partial charge is 0.494 e. The minimum Gasteiger partial charge on any atom is -0.494 e. The number of urea groups is 1. The van der Waals surface area contributed by atoms with E-state index >= 15 is 0 Å². The molecule has 6 nitrogen and oxygen atoms in total. The van der Waals surface area contributed by atoms with E-state index in [-0.39, 0.29) is 19.1 Å². The summed E-state index contributed by atoms with van der Waals surface area (Å²) in [5.74, 6) is 0.483. The Morgan fingerprint density at radius 1 is 1.22 bits per heavy atom. The Labute approximate surface area is 136 Å². The van der Waals surface area contributed by atoms with Gasteiger partial charge in [0.15, 0.2) is 0 Å². The lowest BCUT2D eigenvalue weighted by atomic mass is 9.87. The van der Waals surface area contributed by atoms with Crippen LogP contribution in [0.5, 0.6) is 5.75 Å². The number of imide groups is 1. The zero-order chi connectivity index (χ0) is 16.9. The number of rotatable bonds is 8. The quantitative estimate of drug-likeness (QED) is 0.718. The van der Waals surface area contributed by atoms with Gasteiger partial charge in [-0.3, -0.25) is 9.69 Å². The molecule has 0 saturated carbocycles. The van der Waals surface area contributed by atoms with Gasteiger partial charge in [-0.05, 0) is 37.0 Å². The van der Waals surface area contributed by atoms with E-state index in [1.54, 1.807) is 0 Å². The van der Waals surface area contributed by atoms with Crippen molar-refractivity contribution in [2.45, 2.75) is 38.6 Å². The fourth-order valence-corrected chi connectivity index (χ4v) is 2.75. The van der Waals surface area contributed by atoms with Crippen molar-refractivity contribution in [3.8, 4) is 5.75 Å². The summed E-state index contributed by atoms with van der Waals surface area (Å²) in [6, 6.07) is 6.87. The molecule has 1 unspecified atom stereocenters. The van der Waals surface area contributed by atoms with Gasteiger partial charge in [0.25, 0.3) is 5.91 Å². The molecule has 1 saturated heterocycles. The number of ether oxygens (including phenoxy) is 1. The van der Waals surface area contributed by atoms with Crippen LogP contribution in [0, 0.1) is 0 Å². The lowest BCUT2D eigenvalue weighted by molar-refractivity contribution is -0.131. The Kier molecular flexibility index (Phi) is 5.60. The van der Waals surface area contributed by atoms with Crippen molar-refractivity contribution >= 4 is 11.9 Å². The van der Waals surface area contributed by atoms with Crippen LogP contribution in [0.4, 0.5) is 4.79 Å². The third kappa shape index (κ3) is 3.32. The van der Waals surface area contributed by atoms with E-state index in [0.29, 0.717) is 19.4 Å². The number of hydrogen-bond acceptors (Lipinski definition) is 4. The van der Waals surface area contributed by atoms with Gasteiger partial charge in [-0.2, -0.15) is 0 Å².